The predicted molar refractivity (Wildman–Crippen MR) is 111 cm³/mol. The van der Waals surface area contributed by atoms with Crippen molar-refractivity contribution in [1.29, 1.82) is 0 Å². The molecule has 142 valence electrons. The van der Waals surface area contributed by atoms with Gasteiger partial charge in [-0.3, -0.25) is 4.79 Å². The van der Waals surface area contributed by atoms with Gasteiger partial charge in [-0.25, -0.2) is 4.79 Å². The summed E-state index contributed by atoms with van der Waals surface area (Å²) in [4.78, 5) is 24.7. The molecule has 0 unspecified atom stereocenters. The Morgan fingerprint density at radius 1 is 1.07 bits per heavy atom. The first-order chi connectivity index (χ1) is 13.5. The van der Waals surface area contributed by atoms with Gasteiger partial charge in [-0.1, -0.05) is 17.7 Å². The third-order valence-electron chi connectivity index (χ3n) is 3.86. The molecule has 1 heterocycles. The van der Waals surface area contributed by atoms with E-state index >= 15 is 0 Å². The lowest BCUT2D eigenvalue weighted by molar-refractivity contribution is -0.128. The van der Waals surface area contributed by atoms with Crippen molar-refractivity contribution in [2.45, 2.75) is 6.92 Å². The molecule has 0 saturated heterocycles. The van der Waals surface area contributed by atoms with E-state index < -0.39 is 5.97 Å². The molecule has 5 nitrogen and oxygen atoms in total. The van der Waals surface area contributed by atoms with Crippen molar-refractivity contribution in [1.82, 2.24) is 0 Å². The highest BCUT2D eigenvalue weighted by atomic mass is 32.1. The van der Waals surface area contributed by atoms with Gasteiger partial charge in [0.1, 0.15) is 11.5 Å². The van der Waals surface area contributed by atoms with Crippen LogP contribution < -0.4 is 14.8 Å². The molecule has 0 atom stereocenters. The van der Waals surface area contributed by atoms with Gasteiger partial charge in [0.05, 0.1) is 12.0 Å². The van der Waals surface area contributed by atoms with E-state index in [0.29, 0.717) is 22.1 Å². The van der Waals surface area contributed by atoms with Crippen LogP contribution in [0, 0.1) is 6.92 Å². The zero-order chi connectivity index (χ0) is 19.9. The van der Waals surface area contributed by atoms with Crippen LogP contribution in [0.25, 0.3) is 6.08 Å². The molecular formula is C22H19NO4S. The van der Waals surface area contributed by atoms with Crippen molar-refractivity contribution in [3.05, 3.63) is 82.1 Å². The number of thiophene rings is 1. The number of esters is 1. The normalized spacial score (nSPS) is 10.6. The minimum Gasteiger partial charge on any atom is -0.496 e. The Kier molecular flexibility index (Phi) is 6.24. The topological polar surface area (TPSA) is 64.6 Å². The van der Waals surface area contributed by atoms with Crippen molar-refractivity contribution in [3.63, 3.8) is 0 Å². The van der Waals surface area contributed by atoms with Crippen molar-refractivity contribution < 1.29 is 19.1 Å². The third-order valence-corrected chi connectivity index (χ3v) is 4.73. The molecule has 0 radical (unpaired) electrons. The first-order valence-corrected chi connectivity index (χ1v) is 9.42. The van der Waals surface area contributed by atoms with Gasteiger partial charge >= 0.3 is 5.97 Å². The second kappa shape index (κ2) is 9.01. The minimum absolute atomic E-state index is 0.172. The van der Waals surface area contributed by atoms with Crippen molar-refractivity contribution in [2.24, 2.45) is 0 Å². The molecule has 1 aromatic heterocycles. The maximum atomic E-state index is 12.1. The largest absolute Gasteiger partial charge is 0.496 e. The average Bonchev–Trinajstić information content (AvgIpc) is 3.23. The van der Waals surface area contributed by atoms with Crippen LogP contribution in [0.2, 0.25) is 0 Å². The fourth-order valence-corrected chi connectivity index (χ4v) is 3.12. The summed E-state index contributed by atoms with van der Waals surface area (Å²) in [5.74, 6) is 0.397. The van der Waals surface area contributed by atoms with E-state index in [1.54, 1.807) is 43.5 Å². The van der Waals surface area contributed by atoms with Crippen molar-refractivity contribution >= 4 is 35.0 Å². The van der Waals surface area contributed by atoms with Gasteiger partial charge in [-0.2, -0.15) is 0 Å². The van der Waals surface area contributed by atoms with Gasteiger partial charge in [0.15, 0.2) is 0 Å². The van der Waals surface area contributed by atoms with Crippen LogP contribution in [-0.4, -0.2) is 19.0 Å². The second-order valence-corrected chi connectivity index (χ2v) is 6.90. The number of aryl methyl sites for hydroxylation is 1. The molecule has 3 rings (SSSR count). The smallest absolute Gasteiger partial charge is 0.336 e. The molecule has 0 aliphatic heterocycles. The summed E-state index contributed by atoms with van der Waals surface area (Å²) in [5.41, 5.74) is 2.48. The number of carbonyl (C=O) groups excluding carboxylic acids is 2. The molecule has 0 spiro atoms. The zero-order valence-electron chi connectivity index (χ0n) is 15.5. The molecule has 0 fully saturated rings. The Morgan fingerprint density at radius 3 is 2.54 bits per heavy atom. The number of ether oxygens (including phenoxy) is 2. The Hall–Kier alpha value is -3.38. The highest BCUT2D eigenvalue weighted by Gasteiger charge is 2.07. The molecule has 0 aliphatic carbocycles. The number of amides is 1. The lowest BCUT2D eigenvalue weighted by Gasteiger charge is -2.06. The van der Waals surface area contributed by atoms with Crippen molar-refractivity contribution in [3.8, 4) is 11.5 Å². The maximum absolute atomic E-state index is 12.1. The summed E-state index contributed by atoms with van der Waals surface area (Å²) in [5, 5.41) is 4.64. The highest BCUT2D eigenvalue weighted by molar-refractivity contribution is 7.12. The number of anilines is 1. The van der Waals surface area contributed by atoms with E-state index in [1.165, 1.54) is 17.4 Å². The van der Waals surface area contributed by atoms with Gasteiger partial charge in [-0.05, 0) is 60.8 Å². The molecule has 3 aromatic rings. The Bertz CT molecular complexity index is 992. The van der Waals surface area contributed by atoms with E-state index in [2.05, 4.69) is 5.32 Å². The molecule has 0 bridgehead atoms. The van der Waals surface area contributed by atoms with Crippen LogP contribution in [0.3, 0.4) is 0 Å². The van der Waals surface area contributed by atoms with Gasteiger partial charge in [0, 0.05) is 17.3 Å². The summed E-state index contributed by atoms with van der Waals surface area (Å²) in [6.07, 6.45) is 3.01. The first kappa shape index (κ1) is 19.4. The van der Waals surface area contributed by atoms with Crippen LogP contribution in [0.4, 0.5) is 5.69 Å². The van der Waals surface area contributed by atoms with Gasteiger partial charge in [-0.15, -0.1) is 11.3 Å². The van der Waals surface area contributed by atoms with Crippen LogP contribution in [0.15, 0.2) is 66.1 Å². The molecule has 1 amide bonds. The fourth-order valence-electron chi connectivity index (χ4n) is 2.50. The van der Waals surface area contributed by atoms with Gasteiger partial charge in [0.25, 0.3) is 5.91 Å². The molecule has 6 heteroatoms. The number of nitrogens with one attached hydrogen (secondary N) is 1. The van der Waals surface area contributed by atoms with E-state index in [-0.39, 0.29) is 5.91 Å². The fraction of sp³-hybridized carbons (Fsp3) is 0.0909. The Labute approximate surface area is 167 Å². The van der Waals surface area contributed by atoms with Crippen LogP contribution >= 0.6 is 11.3 Å². The zero-order valence-corrected chi connectivity index (χ0v) is 16.3. The number of hydrogen-bond acceptors (Lipinski definition) is 5. The number of benzene rings is 2. The SMILES string of the molecule is COc1ccc(C)cc1/C=C/C(=O)Oc1ccc(NC(=O)c2cccs2)cc1. The standard InChI is InChI=1S/C22H19NO4S/c1-15-5-11-19(26-2)16(14-15)6-12-21(24)27-18-9-7-17(8-10-18)23-22(25)20-4-3-13-28-20/h3-14H,1-2H3,(H,23,25)/b12-6+. The first-order valence-electron chi connectivity index (χ1n) is 8.54. The van der Waals surface area contributed by atoms with Crippen LogP contribution in [0.1, 0.15) is 20.8 Å². The van der Waals surface area contributed by atoms with E-state index in [4.69, 9.17) is 9.47 Å². The molecule has 28 heavy (non-hydrogen) atoms. The van der Waals surface area contributed by atoms with Gasteiger partial charge < -0.3 is 14.8 Å². The molecular weight excluding hydrogens is 374 g/mol. The van der Waals surface area contributed by atoms with Crippen molar-refractivity contribution in [2.75, 3.05) is 12.4 Å². The summed E-state index contributed by atoms with van der Waals surface area (Å²) in [6.45, 7) is 1.97. The Balaban J connectivity index is 1.60. The van der Waals surface area contributed by atoms with E-state index in [9.17, 15) is 9.59 Å². The number of carbonyl (C=O) groups is 2. The monoisotopic (exact) mass is 393 g/mol. The average molecular weight is 393 g/mol. The predicted octanol–water partition coefficient (Wildman–Crippen LogP) is 4.94. The molecule has 0 saturated carbocycles. The molecule has 0 aliphatic rings. The second-order valence-electron chi connectivity index (χ2n) is 5.96. The Morgan fingerprint density at radius 2 is 1.86 bits per heavy atom. The molecule has 2 aromatic carbocycles. The number of methoxy groups -OCH3 is 1. The quantitative estimate of drug-likeness (QED) is 0.366. The third kappa shape index (κ3) is 5.08. The minimum atomic E-state index is -0.501. The van der Waals surface area contributed by atoms with Gasteiger partial charge in [0.2, 0.25) is 0 Å². The summed E-state index contributed by atoms with van der Waals surface area (Å²) in [7, 11) is 1.58. The number of rotatable bonds is 6. The summed E-state index contributed by atoms with van der Waals surface area (Å²) >= 11 is 1.37. The number of hydrogen-bond donors (Lipinski definition) is 1. The highest BCUT2D eigenvalue weighted by Crippen LogP contribution is 2.22. The van der Waals surface area contributed by atoms with Crippen LogP contribution in [-0.2, 0) is 4.79 Å². The summed E-state index contributed by atoms with van der Waals surface area (Å²) < 4.78 is 10.6. The lowest BCUT2D eigenvalue weighted by Crippen LogP contribution is -2.10. The van der Waals surface area contributed by atoms with E-state index in [0.717, 1.165) is 11.1 Å². The molecule has 1 N–H and O–H groups in total. The maximum Gasteiger partial charge on any atom is 0.336 e. The van der Waals surface area contributed by atoms with Crippen LogP contribution in [0.5, 0.6) is 11.5 Å². The summed E-state index contributed by atoms with van der Waals surface area (Å²) in [6, 6.07) is 15.9. The van der Waals surface area contributed by atoms with E-state index in [1.807, 2.05) is 36.6 Å². The lowest BCUT2D eigenvalue weighted by atomic mass is 10.1.